The van der Waals surface area contributed by atoms with Gasteiger partial charge in [0.05, 0.1) is 5.54 Å². The second-order valence-electron chi connectivity index (χ2n) is 6.45. The van der Waals surface area contributed by atoms with Gasteiger partial charge in [-0.15, -0.1) is 0 Å². The van der Waals surface area contributed by atoms with Crippen molar-refractivity contribution in [2.75, 3.05) is 32.7 Å². The lowest BCUT2D eigenvalue weighted by Gasteiger charge is -2.33. The molecule has 1 N–H and O–H groups in total. The van der Waals surface area contributed by atoms with E-state index in [1.807, 2.05) is 13.8 Å². The number of nitrogens with zero attached hydrogens (tertiary/aromatic N) is 2. The minimum Gasteiger partial charge on any atom is -0.339 e. The van der Waals surface area contributed by atoms with Crippen LogP contribution in [0.5, 0.6) is 0 Å². The molecule has 1 unspecified atom stereocenters. The van der Waals surface area contributed by atoms with Crippen LogP contribution in [0.15, 0.2) is 0 Å². The number of nitrogens with one attached hydrogen (secondary N) is 1. The van der Waals surface area contributed by atoms with Gasteiger partial charge in [0.15, 0.2) is 0 Å². The lowest BCUT2D eigenvalue weighted by atomic mass is 10.0. The van der Waals surface area contributed by atoms with E-state index in [9.17, 15) is 4.79 Å². The van der Waals surface area contributed by atoms with Gasteiger partial charge < -0.3 is 10.2 Å². The SMILES string of the molecule is CCNC(C)(C)C(=O)N1CCC(N2CCCCC2)C1. The van der Waals surface area contributed by atoms with Crippen molar-refractivity contribution in [3.63, 3.8) is 0 Å². The number of likely N-dealkylation sites (tertiary alicyclic amines) is 2. The van der Waals surface area contributed by atoms with Crippen molar-refractivity contribution in [2.24, 2.45) is 0 Å². The van der Waals surface area contributed by atoms with Gasteiger partial charge in [0.2, 0.25) is 5.91 Å². The van der Waals surface area contributed by atoms with Crippen LogP contribution in [-0.4, -0.2) is 60.0 Å². The normalized spacial score (nSPS) is 25.8. The number of piperidine rings is 1. The van der Waals surface area contributed by atoms with E-state index in [-0.39, 0.29) is 5.91 Å². The third-order valence-corrected chi connectivity index (χ3v) is 4.51. The molecule has 0 radical (unpaired) electrons. The van der Waals surface area contributed by atoms with Gasteiger partial charge in [-0.3, -0.25) is 9.69 Å². The van der Waals surface area contributed by atoms with E-state index in [0.29, 0.717) is 6.04 Å². The maximum Gasteiger partial charge on any atom is 0.242 e. The maximum absolute atomic E-state index is 12.5. The average Bonchev–Trinajstić information content (AvgIpc) is 2.88. The molecule has 110 valence electrons. The number of likely N-dealkylation sites (N-methyl/N-ethyl adjacent to an activating group) is 1. The minimum absolute atomic E-state index is 0.258. The standard InChI is InChI=1S/C15H29N3O/c1-4-16-15(2,3)14(19)18-11-8-13(12-18)17-9-6-5-7-10-17/h13,16H,4-12H2,1-3H3. The fourth-order valence-corrected chi connectivity index (χ4v) is 3.42. The molecule has 19 heavy (non-hydrogen) atoms. The number of rotatable bonds is 4. The maximum atomic E-state index is 12.5. The third kappa shape index (κ3) is 3.48. The quantitative estimate of drug-likeness (QED) is 0.837. The first-order valence-electron chi connectivity index (χ1n) is 7.83. The van der Waals surface area contributed by atoms with Gasteiger partial charge in [-0.2, -0.15) is 0 Å². The van der Waals surface area contributed by atoms with E-state index < -0.39 is 5.54 Å². The molecule has 0 aliphatic carbocycles. The largest absolute Gasteiger partial charge is 0.339 e. The molecule has 0 aromatic carbocycles. The predicted octanol–water partition coefficient (Wildman–Crippen LogP) is 1.46. The molecular weight excluding hydrogens is 238 g/mol. The number of carbonyl (C=O) groups excluding carboxylic acids is 1. The highest BCUT2D eigenvalue weighted by atomic mass is 16.2. The van der Waals surface area contributed by atoms with Crippen LogP contribution >= 0.6 is 0 Å². The van der Waals surface area contributed by atoms with E-state index in [0.717, 1.165) is 26.1 Å². The van der Waals surface area contributed by atoms with Crippen molar-refractivity contribution in [3.05, 3.63) is 0 Å². The Morgan fingerprint density at radius 2 is 1.89 bits per heavy atom. The lowest BCUT2D eigenvalue weighted by molar-refractivity contribution is -0.136. The molecule has 0 bridgehead atoms. The second-order valence-corrected chi connectivity index (χ2v) is 6.45. The summed E-state index contributed by atoms with van der Waals surface area (Å²) < 4.78 is 0. The molecule has 0 aromatic rings. The second kappa shape index (κ2) is 6.23. The van der Waals surface area contributed by atoms with Gasteiger partial charge in [0.25, 0.3) is 0 Å². The Bertz CT molecular complexity index is 311. The molecule has 1 atom stereocenters. The predicted molar refractivity (Wildman–Crippen MR) is 78.2 cm³/mol. The Balaban J connectivity index is 1.88. The van der Waals surface area contributed by atoms with Crippen molar-refractivity contribution in [1.82, 2.24) is 15.1 Å². The summed E-state index contributed by atoms with van der Waals surface area (Å²) in [6, 6.07) is 0.599. The zero-order valence-corrected chi connectivity index (χ0v) is 12.7. The Labute approximate surface area is 117 Å². The number of hydrogen-bond donors (Lipinski definition) is 1. The van der Waals surface area contributed by atoms with Crippen molar-refractivity contribution in [1.29, 1.82) is 0 Å². The van der Waals surface area contributed by atoms with Gasteiger partial charge in [-0.05, 0) is 52.7 Å². The fraction of sp³-hybridized carbons (Fsp3) is 0.933. The summed E-state index contributed by atoms with van der Waals surface area (Å²) in [4.78, 5) is 17.2. The first kappa shape index (κ1) is 14.8. The summed E-state index contributed by atoms with van der Waals surface area (Å²) in [5, 5.41) is 3.29. The zero-order valence-electron chi connectivity index (χ0n) is 12.7. The monoisotopic (exact) mass is 267 g/mol. The molecule has 2 saturated heterocycles. The molecule has 2 aliphatic heterocycles. The van der Waals surface area contributed by atoms with Crippen molar-refractivity contribution in [2.45, 2.75) is 58.0 Å². The Kier molecular flexibility index (Phi) is 4.85. The van der Waals surface area contributed by atoms with E-state index in [4.69, 9.17) is 0 Å². The van der Waals surface area contributed by atoms with Crippen molar-refractivity contribution in [3.8, 4) is 0 Å². The smallest absolute Gasteiger partial charge is 0.242 e. The van der Waals surface area contributed by atoms with E-state index in [2.05, 4.69) is 22.0 Å². The van der Waals surface area contributed by atoms with Crippen LogP contribution in [0, 0.1) is 0 Å². The van der Waals surface area contributed by atoms with Gasteiger partial charge in [0.1, 0.15) is 0 Å². The molecule has 0 saturated carbocycles. The third-order valence-electron chi connectivity index (χ3n) is 4.51. The van der Waals surface area contributed by atoms with Crippen LogP contribution in [0.25, 0.3) is 0 Å². The van der Waals surface area contributed by atoms with E-state index in [1.54, 1.807) is 0 Å². The molecule has 2 aliphatic rings. The molecule has 4 nitrogen and oxygen atoms in total. The van der Waals surface area contributed by atoms with Gasteiger partial charge >= 0.3 is 0 Å². The number of hydrogen-bond acceptors (Lipinski definition) is 3. The zero-order chi connectivity index (χ0) is 13.9. The average molecular weight is 267 g/mol. The van der Waals surface area contributed by atoms with Crippen LogP contribution < -0.4 is 5.32 Å². The molecule has 1 amide bonds. The molecule has 2 heterocycles. The molecule has 2 rings (SSSR count). The highest BCUT2D eigenvalue weighted by Crippen LogP contribution is 2.22. The summed E-state index contributed by atoms with van der Waals surface area (Å²) in [6.45, 7) is 11.2. The highest BCUT2D eigenvalue weighted by molar-refractivity contribution is 5.85. The lowest BCUT2D eigenvalue weighted by Crippen LogP contribution is -2.54. The molecule has 0 spiro atoms. The van der Waals surface area contributed by atoms with E-state index >= 15 is 0 Å². The number of carbonyl (C=O) groups is 1. The molecule has 4 heteroatoms. The highest BCUT2D eigenvalue weighted by Gasteiger charge is 2.37. The first-order valence-corrected chi connectivity index (χ1v) is 7.83. The van der Waals surface area contributed by atoms with Gasteiger partial charge in [0, 0.05) is 19.1 Å². The molecule has 2 fully saturated rings. The van der Waals surface area contributed by atoms with E-state index in [1.165, 1.54) is 32.4 Å². The summed E-state index contributed by atoms with van der Waals surface area (Å²) in [6.07, 6.45) is 5.17. The summed E-state index contributed by atoms with van der Waals surface area (Å²) in [7, 11) is 0. The fourth-order valence-electron chi connectivity index (χ4n) is 3.42. The Morgan fingerprint density at radius 1 is 1.21 bits per heavy atom. The van der Waals surface area contributed by atoms with Crippen LogP contribution in [-0.2, 0) is 4.79 Å². The Hall–Kier alpha value is -0.610. The minimum atomic E-state index is -0.425. The van der Waals surface area contributed by atoms with Crippen LogP contribution in [0.4, 0.5) is 0 Å². The summed E-state index contributed by atoms with van der Waals surface area (Å²) in [5.41, 5.74) is -0.425. The number of amides is 1. The van der Waals surface area contributed by atoms with Crippen LogP contribution in [0.2, 0.25) is 0 Å². The van der Waals surface area contributed by atoms with Crippen molar-refractivity contribution < 1.29 is 4.79 Å². The summed E-state index contributed by atoms with van der Waals surface area (Å²) >= 11 is 0. The van der Waals surface area contributed by atoms with Gasteiger partial charge in [-0.1, -0.05) is 13.3 Å². The molecule has 0 aromatic heterocycles. The van der Waals surface area contributed by atoms with Gasteiger partial charge in [-0.25, -0.2) is 0 Å². The van der Waals surface area contributed by atoms with Crippen molar-refractivity contribution >= 4 is 5.91 Å². The first-order chi connectivity index (χ1) is 9.04. The van der Waals surface area contributed by atoms with Crippen LogP contribution in [0.3, 0.4) is 0 Å². The molecular formula is C15H29N3O. The van der Waals surface area contributed by atoms with Crippen LogP contribution in [0.1, 0.15) is 46.5 Å². The topological polar surface area (TPSA) is 35.6 Å². The Morgan fingerprint density at radius 3 is 2.53 bits per heavy atom. The summed E-state index contributed by atoms with van der Waals surface area (Å²) in [5.74, 6) is 0.258.